The molecule has 0 aromatic heterocycles. The molecule has 94 valence electrons. The first kappa shape index (κ1) is 13.5. The van der Waals surface area contributed by atoms with E-state index < -0.39 is 0 Å². The van der Waals surface area contributed by atoms with Crippen LogP contribution in [0.25, 0.3) is 0 Å². The van der Waals surface area contributed by atoms with Gasteiger partial charge in [0.15, 0.2) is 0 Å². The summed E-state index contributed by atoms with van der Waals surface area (Å²) in [7, 11) is 0. The molecule has 0 radical (unpaired) electrons. The normalized spacial score (nSPS) is 17.6. The molecule has 1 atom stereocenters. The maximum absolute atomic E-state index is 12.3. The quantitative estimate of drug-likeness (QED) is 0.723. The number of hydrogen-bond donors (Lipinski definition) is 1. The Hall–Kier alpha value is -0.570. The third-order valence-corrected chi connectivity index (χ3v) is 3.73. The highest BCUT2D eigenvalue weighted by Gasteiger charge is 2.36. The number of carbonyl (C=O) groups is 1. The van der Waals surface area contributed by atoms with Gasteiger partial charge in [-0.3, -0.25) is 4.79 Å². The van der Waals surface area contributed by atoms with E-state index in [1.54, 1.807) is 0 Å². The molecule has 0 aromatic rings. The lowest BCUT2D eigenvalue weighted by Gasteiger charge is -2.32. The van der Waals surface area contributed by atoms with Gasteiger partial charge in [-0.1, -0.05) is 20.8 Å². The third-order valence-electron chi connectivity index (χ3n) is 3.73. The largest absolute Gasteiger partial charge is 0.395 e. The Morgan fingerprint density at radius 3 is 2.31 bits per heavy atom. The van der Waals surface area contributed by atoms with E-state index in [9.17, 15) is 4.79 Å². The van der Waals surface area contributed by atoms with Crippen LogP contribution in [-0.4, -0.2) is 35.1 Å². The molecule has 16 heavy (non-hydrogen) atoms. The minimum absolute atomic E-state index is 0.0691. The lowest BCUT2D eigenvalue weighted by Crippen LogP contribution is -2.44. The third kappa shape index (κ3) is 3.21. The Morgan fingerprint density at radius 2 is 1.94 bits per heavy atom. The van der Waals surface area contributed by atoms with Gasteiger partial charge in [-0.25, -0.2) is 0 Å². The molecule has 1 aliphatic rings. The van der Waals surface area contributed by atoms with Crippen molar-refractivity contribution in [2.45, 2.75) is 52.5 Å². The Labute approximate surface area is 98.8 Å². The molecule has 1 N–H and O–H groups in total. The van der Waals surface area contributed by atoms with E-state index in [0.717, 1.165) is 12.8 Å². The van der Waals surface area contributed by atoms with E-state index in [2.05, 4.69) is 13.8 Å². The summed E-state index contributed by atoms with van der Waals surface area (Å²) in [6.07, 6.45) is 4.34. The highest BCUT2D eigenvalue weighted by Crippen LogP contribution is 2.37. The van der Waals surface area contributed by atoms with Crippen LogP contribution in [-0.2, 0) is 4.79 Å². The fourth-order valence-electron chi connectivity index (χ4n) is 2.37. The van der Waals surface area contributed by atoms with Crippen molar-refractivity contribution in [3.63, 3.8) is 0 Å². The van der Waals surface area contributed by atoms with Crippen LogP contribution < -0.4 is 0 Å². The lowest BCUT2D eigenvalue weighted by molar-refractivity contribution is -0.138. The van der Waals surface area contributed by atoms with Gasteiger partial charge in [-0.15, -0.1) is 0 Å². The maximum Gasteiger partial charge on any atom is 0.226 e. The molecule has 0 saturated heterocycles. The number of aliphatic hydroxyl groups excluding tert-OH is 1. The van der Waals surface area contributed by atoms with E-state index in [1.807, 2.05) is 11.8 Å². The lowest BCUT2D eigenvalue weighted by atomic mass is 10.0. The average molecular weight is 227 g/mol. The molecule has 0 bridgehead atoms. The van der Waals surface area contributed by atoms with Crippen LogP contribution in [0.5, 0.6) is 0 Å². The minimum atomic E-state index is 0.0691. The van der Waals surface area contributed by atoms with Crippen LogP contribution >= 0.6 is 0 Å². The highest BCUT2D eigenvalue weighted by atomic mass is 16.3. The molecule has 1 unspecified atom stereocenters. The Balaban J connectivity index is 2.62. The Kier molecular flexibility index (Phi) is 5.26. The molecule has 1 aliphatic carbocycles. The standard InChI is InChI=1S/C13H25NO2/c1-4-12(5-2)14(8-9-15)13(16)10(3)11-6-7-11/h10-12,15H,4-9H2,1-3H3. The van der Waals surface area contributed by atoms with E-state index >= 15 is 0 Å². The second-order valence-electron chi connectivity index (χ2n) is 4.85. The van der Waals surface area contributed by atoms with Crippen molar-refractivity contribution >= 4 is 5.91 Å². The summed E-state index contributed by atoms with van der Waals surface area (Å²) in [6, 6.07) is 0.292. The summed E-state index contributed by atoms with van der Waals surface area (Å²) in [5, 5.41) is 9.07. The van der Waals surface area contributed by atoms with Gasteiger partial charge in [0.1, 0.15) is 0 Å². The summed E-state index contributed by atoms with van der Waals surface area (Å²) in [5.41, 5.74) is 0. The van der Waals surface area contributed by atoms with Crippen molar-refractivity contribution in [1.29, 1.82) is 0 Å². The molecule has 0 heterocycles. The molecule has 1 rings (SSSR count). The predicted molar refractivity (Wildman–Crippen MR) is 65.1 cm³/mol. The van der Waals surface area contributed by atoms with E-state index in [4.69, 9.17) is 5.11 Å². The van der Waals surface area contributed by atoms with Gasteiger partial charge in [-0.2, -0.15) is 0 Å². The zero-order chi connectivity index (χ0) is 12.1. The van der Waals surface area contributed by atoms with E-state index in [1.165, 1.54) is 12.8 Å². The molecule has 1 amide bonds. The Bertz CT molecular complexity index is 222. The number of amides is 1. The second kappa shape index (κ2) is 6.24. The minimum Gasteiger partial charge on any atom is -0.395 e. The monoisotopic (exact) mass is 227 g/mol. The number of nitrogens with zero attached hydrogens (tertiary/aromatic N) is 1. The zero-order valence-corrected chi connectivity index (χ0v) is 10.8. The van der Waals surface area contributed by atoms with Gasteiger partial charge in [-0.05, 0) is 31.6 Å². The molecule has 0 aliphatic heterocycles. The van der Waals surface area contributed by atoms with Crippen molar-refractivity contribution < 1.29 is 9.90 Å². The fourth-order valence-corrected chi connectivity index (χ4v) is 2.37. The maximum atomic E-state index is 12.3. The fraction of sp³-hybridized carbons (Fsp3) is 0.923. The molecule has 1 fully saturated rings. The summed E-state index contributed by atoms with van der Waals surface area (Å²) in [6.45, 7) is 6.80. The number of rotatable bonds is 7. The first-order valence-electron chi connectivity index (χ1n) is 6.56. The van der Waals surface area contributed by atoms with Crippen LogP contribution in [0.2, 0.25) is 0 Å². The van der Waals surface area contributed by atoms with Gasteiger partial charge >= 0.3 is 0 Å². The van der Waals surface area contributed by atoms with E-state index in [0.29, 0.717) is 18.5 Å². The molecular weight excluding hydrogens is 202 g/mol. The molecule has 3 nitrogen and oxygen atoms in total. The Morgan fingerprint density at radius 1 is 1.38 bits per heavy atom. The second-order valence-corrected chi connectivity index (χ2v) is 4.85. The topological polar surface area (TPSA) is 40.5 Å². The van der Waals surface area contributed by atoms with Gasteiger partial charge in [0.2, 0.25) is 5.91 Å². The van der Waals surface area contributed by atoms with Crippen molar-refractivity contribution in [2.24, 2.45) is 11.8 Å². The number of hydrogen-bond acceptors (Lipinski definition) is 2. The molecule has 1 saturated carbocycles. The SMILES string of the molecule is CCC(CC)N(CCO)C(=O)C(C)C1CC1. The van der Waals surface area contributed by atoms with Gasteiger partial charge < -0.3 is 10.0 Å². The van der Waals surface area contributed by atoms with Crippen LogP contribution in [0.3, 0.4) is 0 Å². The number of aliphatic hydroxyl groups is 1. The first-order chi connectivity index (χ1) is 7.65. The van der Waals surface area contributed by atoms with Crippen LogP contribution in [0.1, 0.15) is 46.5 Å². The molecular formula is C13H25NO2. The predicted octanol–water partition coefficient (Wildman–Crippen LogP) is 2.04. The average Bonchev–Trinajstić information content (AvgIpc) is 3.11. The van der Waals surface area contributed by atoms with Crippen molar-refractivity contribution in [1.82, 2.24) is 4.90 Å². The van der Waals surface area contributed by atoms with Gasteiger partial charge in [0.05, 0.1) is 6.61 Å². The summed E-state index contributed by atoms with van der Waals surface area (Å²) in [5.74, 6) is 0.987. The molecule has 0 spiro atoms. The summed E-state index contributed by atoms with van der Waals surface area (Å²) < 4.78 is 0. The van der Waals surface area contributed by atoms with Crippen LogP contribution in [0.15, 0.2) is 0 Å². The smallest absolute Gasteiger partial charge is 0.226 e. The summed E-state index contributed by atoms with van der Waals surface area (Å²) >= 11 is 0. The van der Waals surface area contributed by atoms with Crippen molar-refractivity contribution in [3.05, 3.63) is 0 Å². The van der Waals surface area contributed by atoms with Crippen molar-refractivity contribution in [3.8, 4) is 0 Å². The highest BCUT2D eigenvalue weighted by molar-refractivity contribution is 5.79. The van der Waals surface area contributed by atoms with Crippen molar-refractivity contribution in [2.75, 3.05) is 13.2 Å². The van der Waals surface area contributed by atoms with Gasteiger partial charge in [0.25, 0.3) is 0 Å². The molecule has 3 heteroatoms. The first-order valence-corrected chi connectivity index (χ1v) is 6.56. The zero-order valence-electron chi connectivity index (χ0n) is 10.8. The molecule has 0 aromatic carbocycles. The van der Waals surface area contributed by atoms with Gasteiger partial charge in [0, 0.05) is 18.5 Å². The number of carbonyl (C=O) groups excluding carboxylic acids is 1. The van der Waals surface area contributed by atoms with E-state index in [-0.39, 0.29) is 18.4 Å². The van der Waals surface area contributed by atoms with Crippen LogP contribution in [0.4, 0.5) is 0 Å². The summed E-state index contributed by atoms with van der Waals surface area (Å²) in [4.78, 5) is 14.2. The van der Waals surface area contributed by atoms with Crippen LogP contribution in [0, 0.1) is 11.8 Å².